The van der Waals surface area contributed by atoms with Crippen molar-refractivity contribution in [2.75, 3.05) is 37.3 Å². The van der Waals surface area contributed by atoms with Gasteiger partial charge in [0.1, 0.15) is 30.2 Å². The smallest absolute Gasteiger partial charge is 0.360 e. The van der Waals surface area contributed by atoms with E-state index in [1.165, 1.54) is 24.6 Å². The van der Waals surface area contributed by atoms with Crippen molar-refractivity contribution >= 4 is 92.3 Å². The van der Waals surface area contributed by atoms with Crippen molar-refractivity contribution < 1.29 is 58.4 Å². The molecule has 1 aliphatic carbocycles. The standard InChI is InChI=1S/C16H14N2O4S.C13H14O4.C8H8ClN3O4S/c19-14(10-22-13-4-2-1-3-5-13)18-16(23)17-12-8-6-11(7-9-12)15(20)21;1-17-10-4-2-8-6-9(13(15)16)3-5-12(14)11(8)7-10;1-16-12-6(7(14)15)4-3-17-8(10-4)11-5(13)2-9/h1-9H,10H2,(H,20,21)(H2,17,18,19,23);2,4,7,9H,3,5-6H2,1H3,(H,15,16);3H,2H2,1H3,(H,14,15)(H,10,11,13)/b;;12-6-. The number of nitrogens with zero attached hydrogens (tertiary/aromatic N) is 2. The number of aromatic carboxylic acids is 1. The number of ketones is 1. The van der Waals surface area contributed by atoms with E-state index < -0.39 is 35.6 Å². The van der Waals surface area contributed by atoms with Gasteiger partial charge < -0.3 is 40.3 Å². The third-order valence-electron chi connectivity index (χ3n) is 7.41. The molecule has 57 heavy (non-hydrogen) atoms. The van der Waals surface area contributed by atoms with Gasteiger partial charge in [-0.25, -0.2) is 14.6 Å². The first-order valence-corrected chi connectivity index (χ1v) is 18.3. The summed E-state index contributed by atoms with van der Waals surface area (Å²) in [6.07, 6.45) is 1.11. The van der Waals surface area contributed by atoms with Crippen molar-refractivity contribution in [2.45, 2.75) is 19.3 Å². The number of carbonyl (C=O) groups is 6. The SMILES string of the molecule is CO/N=C(\C(=O)O)c1csc(NC(=O)CCl)n1.COc1ccc2c(c1)C(=O)CCC(C(=O)O)C2.O=C(COc1ccccc1)NC(=S)Nc1ccc(C(=O)O)cc1. The topological polar surface area (TPSA) is 252 Å². The molecule has 1 aromatic heterocycles. The maximum absolute atomic E-state index is 11.9. The highest BCUT2D eigenvalue weighted by Gasteiger charge is 2.26. The summed E-state index contributed by atoms with van der Waals surface area (Å²) in [5.74, 6) is -3.37. The lowest BCUT2D eigenvalue weighted by Gasteiger charge is -2.10. The van der Waals surface area contributed by atoms with Crippen LogP contribution in [0.1, 0.15) is 44.8 Å². The Bertz CT molecular complexity index is 2100. The predicted octanol–water partition coefficient (Wildman–Crippen LogP) is 4.95. The number of oxime groups is 1. The third-order valence-corrected chi connectivity index (χ3v) is 8.61. The van der Waals surface area contributed by atoms with Crippen molar-refractivity contribution in [3.63, 3.8) is 0 Å². The van der Waals surface area contributed by atoms with Gasteiger partial charge in [0.15, 0.2) is 22.6 Å². The summed E-state index contributed by atoms with van der Waals surface area (Å²) in [7, 11) is 2.77. The number of methoxy groups -OCH3 is 1. The number of para-hydroxylation sites is 1. The summed E-state index contributed by atoms with van der Waals surface area (Å²) in [4.78, 5) is 75.4. The molecule has 20 heteroatoms. The number of hydrogen-bond acceptors (Lipinski definition) is 13. The fraction of sp³-hybridized carbons (Fsp3) is 0.216. The van der Waals surface area contributed by atoms with E-state index in [-0.39, 0.29) is 51.9 Å². The molecule has 0 spiro atoms. The summed E-state index contributed by atoms with van der Waals surface area (Å²) >= 11 is 11.4. The van der Waals surface area contributed by atoms with Gasteiger partial charge in [-0.15, -0.1) is 22.9 Å². The van der Waals surface area contributed by atoms with E-state index >= 15 is 0 Å². The van der Waals surface area contributed by atoms with E-state index in [1.54, 1.807) is 61.7 Å². The van der Waals surface area contributed by atoms with Gasteiger partial charge in [0.2, 0.25) is 11.6 Å². The van der Waals surface area contributed by atoms with E-state index in [9.17, 15) is 28.8 Å². The summed E-state index contributed by atoms with van der Waals surface area (Å²) in [6.45, 7) is -0.163. The highest BCUT2D eigenvalue weighted by Crippen LogP contribution is 2.28. The van der Waals surface area contributed by atoms with E-state index in [2.05, 4.69) is 30.9 Å². The highest BCUT2D eigenvalue weighted by atomic mass is 35.5. The van der Waals surface area contributed by atoms with Gasteiger partial charge in [0, 0.05) is 23.1 Å². The first kappa shape index (κ1) is 45.0. The Morgan fingerprint density at radius 3 is 2.25 bits per heavy atom. The van der Waals surface area contributed by atoms with Crippen LogP contribution >= 0.6 is 35.2 Å². The number of carboxylic acid groups (broad SMARTS) is 3. The predicted molar refractivity (Wildman–Crippen MR) is 214 cm³/mol. The number of carboxylic acids is 3. The van der Waals surface area contributed by atoms with Crippen LogP contribution in [-0.4, -0.2) is 93.3 Å². The molecule has 17 nitrogen and oxygen atoms in total. The lowest BCUT2D eigenvalue weighted by Crippen LogP contribution is -2.37. The number of rotatable bonds is 12. The molecule has 2 amide bonds. The number of aliphatic carboxylic acids is 2. The van der Waals surface area contributed by atoms with Crippen LogP contribution in [-0.2, 0) is 30.4 Å². The van der Waals surface area contributed by atoms with Crippen molar-refractivity contribution in [2.24, 2.45) is 11.1 Å². The van der Waals surface area contributed by atoms with Crippen LogP contribution in [0.15, 0.2) is 83.3 Å². The van der Waals surface area contributed by atoms with E-state index in [4.69, 9.17) is 48.6 Å². The van der Waals surface area contributed by atoms with Gasteiger partial charge in [-0.05, 0) is 79.2 Å². The number of benzene rings is 3. The Morgan fingerprint density at radius 2 is 1.65 bits per heavy atom. The third kappa shape index (κ3) is 15.0. The molecule has 5 rings (SSSR count). The number of thiazole rings is 1. The van der Waals surface area contributed by atoms with Crippen LogP contribution < -0.4 is 25.4 Å². The van der Waals surface area contributed by atoms with Crippen LogP contribution in [0, 0.1) is 5.92 Å². The zero-order valence-electron chi connectivity index (χ0n) is 30.2. The van der Waals surface area contributed by atoms with Gasteiger partial charge in [0.25, 0.3) is 5.91 Å². The molecule has 4 aromatic rings. The fourth-order valence-corrected chi connectivity index (χ4v) is 5.71. The highest BCUT2D eigenvalue weighted by molar-refractivity contribution is 7.80. The molecule has 1 unspecified atom stereocenters. The van der Waals surface area contributed by atoms with E-state index in [1.807, 2.05) is 6.07 Å². The number of fused-ring (bicyclic) bond motifs is 1. The summed E-state index contributed by atoms with van der Waals surface area (Å²) in [5, 5.41) is 39.5. The molecular formula is C37H36ClN5O12S2. The van der Waals surface area contributed by atoms with Crippen molar-refractivity contribution in [3.05, 3.63) is 101 Å². The maximum Gasteiger partial charge on any atom is 0.360 e. The van der Waals surface area contributed by atoms with Gasteiger partial charge in [0.05, 0.1) is 18.6 Å². The number of hydrogen-bond donors (Lipinski definition) is 6. The minimum Gasteiger partial charge on any atom is -0.497 e. The number of nitrogens with one attached hydrogen (secondary N) is 3. The zero-order chi connectivity index (χ0) is 41.9. The average Bonchev–Trinajstić information content (AvgIpc) is 3.58. The largest absolute Gasteiger partial charge is 0.497 e. The van der Waals surface area contributed by atoms with Crippen LogP contribution in [0.2, 0.25) is 0 Å². The summed E-state index contributed by atoms with van der Waals surface area (Å²) in [5.41, 5.74) is 1.92. The lowest BCUT2D eigenvalue weighted by atomic mass is 9.97. The molecule has 0 bridgehead atoms. The van der Waals surface area contributed by atoms with Crippen molar-refractivity contribution in [1.29, 1.82) is 0 Å². The van der Waals surface area contributed by atoms with Crippen LogP contribution in [0.4, 0.5) is 10.8 Å². The monoisotopic (exact) mass is 841 g/mol. The van der Waals surface area contributed by atoms with Crippen molar-refractivity contribution in [1.82, 2.24) is 10.3 Å². The number of amides is 2. The Kier molecular flexibility index (Phi) is 18.0. The lowest BCUT2D eigenvalue weighted by molar-refractivity contribution is -0.142. The molecule has 300 valence electrons. The number of anilines is 2. The van der Waals surface area contributed by atoms with Gasteiger partial charge >= 0.3 is 17.9 Å². The summed E-state index contributed by atoms with van der Waals surface area (Å²) < 4.78 is 10.4. The number of aromatic nitrogens is 1. The minimum atomic E-state index is -1.27. The number of thiocarbonyl (C=S) groups is 1. The normalized spacial score (nSPS) is 13.0. The number of carbonyl (C=O) groups excluding carboxylic acids is 3. The second kappa shape index (κ2) is 22.8. The molecule has 0 radical (unpaired) electrons. The molecule has 1 atom stereocenters. The molecule has 0 fully saturated rings. The van der Waals surface area contributed by atoms with Crippen molar-refractivity contribution in [3.8, 4) is 11.5 Å². The van der Waals surface area contributed by atoms with Crippen LogP contribution in [0.5, 0.6) is 11.5 Å². The number of Topliss-reactive ketones (excluding diaryl/α,β-unsaturated/α-hetero) is 1. The second-order valence-electron chi connectivity index (χ2n) is 11.4. The first-order valence-electron chi connectivity index (χ1n) is 16.5. The molecule has 6 N–H and O–H groups in total. The molecular weight excluding hydrogens is 806 g/mol. The molecule has 0 aliphatic heterocycles. The Hall–Kier alpha value is -6.44. The average molecular weight is 842 g/mol. The molecule has 1 aliphatic rings. The van der Waals surface area contributed by atoms with Gasteiger partial charge in [-0.2, -0.15) is 0 Å². The van der Waals surface area contributed by atoms with Gasteiger partial charge in [-0.3, -0.25) is 24.5 Å². The molecule has 0 saturated heterocycles. The second-order valence-corrected chi connectivity index (χ2v) is 12.9. The number of halogens is 1. The Labute approximate surface area is 339 Å². The first-order chi connectivity index (χ1) is 27.2. The van der Waals surface area contributed by atoms with Crippen LogP contribution in [0.3, 0.4) is 0 Å². The van der Waals surface area contributed by atoms with E-state index in [0.29, 0.717) is 35.6 Å². The summed E-state index contributed by atoms with van der Waals surface area (Å²) in [6, 6.07) is 20.2. The Balaban J connectivity index is 0.000000233. The number of ether oxygens (including phenoxy) is 2. The molecule has 1 heterocycles. The zero-order valence-corrected chi connectivity index (χ0v) is 32.6. The molecule has 0 saturated carbocycles. The van der Waals surface area contributed by atoms with E-state index in [0.717, 1.165) is 16.9 Å². The fourth-order valence-electron chi connectivity index (χ4n) is 4.70. The maximum atomic E-state index is 11.9. The van der Waals surface area contributed by atoms with Crippen LogP contribution in [0.25, 0.3) is 0 Å². The Morgan fingerprint density at radius 1 is 0.947 bits per heavy atom. The molecule has 3 aromatic carbocycles. The van der Waals surface area contributed by atoms with Gasteiger partial charge in [-0.1, -0.05) is 29.4 Å². The minimum absolute atomic E-state index is 0.00245. The number of alkyl halides is 1. The quantitative estimate of drug-likeness (QED) is 0.0363.